The van der Waals surface area contributed by atoms with Crippen molar-refractivity contribution >= 4 is 34.3 Å². The molecule has 6 rings (SSSR count). The molecule has 3 aromatic carbocycles. The molecule has 1 heterocycles. The molecule has 0 atom stereocenters. The molecule has 0 unspecified atom stereocenters. The lowest BCUT2D eigenvalue weighted by Crippen LogP contribution is -2.39. The Kier molecular flexibility index (Phi) is 6.54. The smallest absolute Gasteiger partial charge is 0.353 e. The first-order valence-corrected chi connectivity index (χ1v) is 13.4. The van der Waals surface area contributed by atoms with Crippen LogP contribution < -0.4 is 14.4 Å². The van der Waals surface area contributed by atoms with Gasteiger partial charge < -0.3 is 24.0 Å². The second kappa shape index (κ2) is 10.2. The zero-order chi connectivity index (χ0) is 28.0. The molecule has 1 aromatic heterocycles. The van der Waals surface area contributed by atoms with Crippen molar-refractivity contribution in [1.82, 2.24) is 4.57 Å². The molecule has 2 aliphatic carbocycles. The van der Waals surface area contributed by atoms with Gasteiger partial charge in [0.05, 0.1) is 25.4 Å². The number of rotatable bonds is 10. The molecule has 0 bridgehead atoms. The molecule has 8 nitrogen and oxygen atoms in total. The quantitative estimate of drug-likeness (QED) is 0.266. The molecule has 0 aliphatic heterocycles. The number of benzene rings is 3. The number of hydrogen-bond acceptors (Lipinski definition) is 5. The second-order valence-corrected chi connectivity index (χ2v) is 10.4. The summed E-state index contributed by atoms with van der Waals surface area (Å²) in [5, 5.41) is 11.3. The van der Waals surface area contributed by atoms with Crippen LogP contribution >= 0.6 is 0 Å². The maximum absolute atomic E-state index is 13.6. The highest BCUT2D eigenvalue weighted by atomic mass is 16.5. The molecule has 1 N–H and O–H groups in total. The number of ketones is 1. The van der Waals surface area contributed by atoms with Crippen LogP contribution in [0.1, 0.15) is 41.7 Å². The van der Waals surface area contributed by atoms with Crippen molar-refractivity contribution in [1.29, 1.82) is 0 Å². The molecular weight excluding hydrogens is 508 g/mol. The molecule has 40 heavy (non-hydrogen) atoms. The van der Waals surface area contributed by atoms with Gasteiger partial charge in [-0.15, -0.1) is 0 Å². The first-order valence-electron chi connectivity index (χ1n) is 13.4. The number of aromatic nitrogens is 1. The minimum absolute atomic E-state index is 0.0846. The van der Waals surface area contributed by atoms with Gasteiger partial charge in [0.1, 0.15) is 17.2 Å². The summed E-state index contributed by atoms with van der Waals surface area (Å²) in [4.78, 5) is 41.2. The van der Waals surface area contributed by atoms with Crippen LogP contribution in [0, 0.1) is 5.92 Å². The summed E-state index contributed by atoms with van der Waals surface area (Å²) in [6.07, 6.45) is 3.08. The van der Waals surface area contributed by atoms with Gasteiger partial charge in [-0.2, -0.15) is 0 Å². The van der Waals surface area contributed by atoms with E-state index in [-0.39, 0.29) is 30.0 Å². The number of para-hydroxylation sites is 1. The van der Waals surface area contributed by atoms with E-state index in [0.29, 0.717) is 39.2 Å². The zero-order valence-electron chi connectivity index (χ0n) is 22.4. The summed E-state index contributed by atoms with van der Waals surface area (Å²) in [6, 6.07) is 20.2. The largest absolute Gasteiger partial charge is 0.497 e. The molecule has 2 aliphatic rings. The fraction of sp³-hybridized carbons (Fsp3) is 0.281. The van der Waals surface area contributed by atoms with E-state index in [4.69, 9.17) is 9.47 Å². The zero-order valence-corrected chi connectivity index (χ0v) is 22.4. The van der Waals surface area contributed by atoms with Crippen LogP contribution in [0.25, 0.3) is 22.0 Å². The fourth-order valence-corrected chi connectivity index (χ4v) is 5.41. The Labute approximate surface area is 231 Å². The third-order valence-electron chi connectivity index (χ3n) is 7.67. The summed E-state index contributed by atoms with van der Waals surface area (Å²) < 4.78 is 12.5. The summed E-state index contributed by atoms with van der Waals surface area (Å²) >= 11 is 0. The van der Waals surface area contributed by atoms with Crippen LogP contribution in [-0.4, -0.2) is 47.6 Å². The van der Waals surface area contributed by atoms with Crippen molar-refractivity contribution in [3.05, 3.63) is 78.0 Å². The lowest BCUT2D eigenvalue weighted by atomic mass is 10.0. The number of anilines is 1. The monoisotopic (exact) mass is 538 g/mol. The average molecular weight is 539 g/mol. The second-order valence-electron chi connectivity index (χ2n) is 10.4. The fourth-order valence-electron chi connectivity index (χ4n) is 5.41. The maximum atomic E-state index is 13.6. The Morgan fingerprint density at radius 3 is 2.23 bits per heavy atom. The SMILES string of the molecule is COc1ccc(-c2c(C(=O)O)n(Cc3cccc(OC)c3)c3c(N(C(=O)C(=O)C4CC4)C4CC4)cccc23)cc1. The Hall–Kier alpha value is -4.59. The molecular formula is C32H30N2O6. The molecule has 0 radical (unpaired) electrons. The Morgan fingerprint density at radius 1 is 0.900 bits per heavy atom. The van der Waals surface area contributed by atoms with Crippen molar-refractivity contribution in [2.24, 2.45) is 5.92 Å². The summed E-state index contributed by atoms with van der Waals surface area (Å²) in [5.41, 5.74) is 3.37. The first-order chi connectivity index (χ1) is 19.4. The van der Waals surface area contributed by atoms with Crippen LogP contribution in [0.3, 0.4) is 0 Å². The van der Waals surface area contributed by atoms with E-state index in [1.54, 1.807) is 35.8 Å². The first kappa shape index (κ1) is 25.7. The van der Waals surface area contributed by atoms with Gasteiger partial charge in [-0.1, -0.05) is 36.4 Å². The van der Waals surface area contributed by atoms with Gasteiger partial charge >= 0.3 is 5.97 Å². The highest BCUT2D eigenvalue weighted by molar-refractivity contribution is 6.43. The van der Waals surface area contributed by atoms with Crippen molar-refractivity contribution < 1.29 is 29.0 Å². The number of carboxylic acids is 1. The van der Waals surface area contributed by atoms with Crippen LogP contribution in [0.4, 0.5) is 5.69 Å². The molecule has 2 fully saturated rings. The van der Waals surface area contributed by atoms with E-state index in [1.807, 2.05) is 54.6 Å². The van der Waals surface area contributed by atoms with Gasteiger partial charge in [0.2, 0.25) is 5.78 Å². The van der Waals surface area contributed by atoms with Gasteiger partial charge in [0, 0.05) is 29.5 Å². The molecule has 1 amide bonds. The van der Waals surface area contributed by atoms with Gasteiger partial charge in [-0.05, 0) is 67.1 Å². The molecule has 0 saturated heterocycles. The highest BCUT2D eigenvalue weighted by Crippen LogP contribution is 2.44. The molecule has 204 valence electrons. The Balaban J connectivity index is 1.62. The van der Waals surface area contributed by atoms with Crippen LogP contribution in [-0.2, 0) is 16.1 Å². The van der Waals surface area contributed by atoms with Crippen molar-refractivity contribution in [3.63, 3.8) is 0 Å². The summed E-state index contributed by atoms with van der Waals surface area (Å²) in [6.45, 7) is 0.228. The number of carbonyl (C=O) groups excluding carboxylic acids is 2. The predicted molar refractivity (Wildman–Crippen MR) is 151 cm³/mol. The Bertz CT molecular complexity index is 1630. The van der Waals surface area contributed by atoms with Gasteiger partial charge in [0.15, 0.2) is 0 Å². The Morgan fingerprint density at radius 2 is 1.60 bits per heavy atom. The van der Waals surface area contributed by atoms with Gasteiger partial charge in [-0.25, -0.2) is 4.79 Å². The lowest BCUT2D eigenvalue weighted by molar-refractivity contribution is -0.137. The van der Waals surface area contributed by atoms with Gasteiger partial charge in [-0.3, -0.25) is 9.59 Å². The van der Waals surface area contributed by atoms with Crippen LogP contribution in [0.15, 0.2) is 66.7 Å². The number of methoxy groups -OCH3 is 2. The van der Waals surface area contributed by atoms with Crippen molar-refractivity contribution in [2.45, 2.75) is 38.3 Å². The molecule has 8 heteroatoms. The minimum atomic E-state index is -1.09. The van der Waals surface area contributed by atoms with E-state index < -0.39 is 11.9 Å². The van der Waals surface area contributed by atoms with Crippen LogP contribution in [0.5, 0.6) is 11.5 Å². The highest BCUT2D eigenvalue weighted by Gasteiger charge is 2.43. The third kappa shape index (κ3) is 4.59. The molecule has 2 saturated carbocycles. The molecule has 0 spiro atoms. The van der Waals surface area contributed by atoms with Gasteiger partial charge in [0.25, 0.3) is 5.91 Å². The number of carboxylic acid groups (broad SMARTS) is 1. The summed E-state index contributed by atoms with van der Waals surface area (Å²) in [5.74, 6) is -0.842. The minimum Gasteiger partial charge on any atom is -0.497 e. The number of carbonyl (C=O) groups is 3. The number of amides is 1. The standard InChI is InChI=1S/C32H30N2O6/c1-39-23-15-11-20(12-16-23)27-25-7-4-8-26(34(22-13-14-22)31(36)30(35)21-9-10-21)28(25)33(29(27)32(37)38)18-19-5-3-6-24(17-19)40-2/h3-8,11-12,15-17,21-22H,9-10,13-14,18H2,1-2H3,(H,37,38). The van der Waals surface area contributed by atoms with E-state index in [1.165, 1.54) is 0 Å². The molecule has 4 aromatic rings. The number of fused-ring (bicyclic) bond motifs is 1. The predicted octanol–water partition coefficient (Wildman–Crippen LogP) is 5.55. The normalized spacial score (nSPS) is 14.7. The van der Waals surface area contributed by atoms with E-state index in [9.17, 15) is 19.5 Å². The topological polar surface area (TPSA) is 98.1 Å². The van der Waals surface area contributed by atoms with E-state index >= 15 is 0 Å². The van der Waals surface area contributed by atoms with E-state index in [2.05, 4.69) is 0 Å². The van der Waals surface area contributed by atoms with E-state index in [0.717, 1.165) is 31.2 Å². The maximum Gasteiger partial charge on any atom is 0.353 e. The van der Waals surface area contributed by atoms with Crippen molar-refractivity contribution in [2.75, 3.05) is 19.1 Å². The number of nitrogens with zero attached hydrogens (tertiary/aromatic N) is 2. The number of aromatic carboxylic acids is 1. The number of hydrogen-bond donors (Lipinski definition) is 1. The number of Topliss-reactive ketones (excluding diaryl/α,β-unsaturated/α-hetero) is 1. The number of ether oxygens (including phenoxy) is 2. The summed E-state index contributed by atoms with van der Waals surface area (Å²) in [7, 11) is 3.17. The van der Waals surface area contributed by atoms with Crippen molar-refractivity contribution in [3.8, 4) is 22.6 Å². The van der Waals surface area contributed by atoms with Crippen LogP contribution in [0.2, 0.25) is 0 Å². The average Bonchev–Trinajstić information content (AvgIpc) is 3.91. The lowest BCUT2D eigenvalue weighted by Gasteiger charge is -2.24. The third-order valence-corrected chi connectivity index (χ3v) is 7.67.